The number of allylic oxidation sites excluding steroid dienone is 1. The standard InChI is InChI=1S/C17H13Cl2NO2/c18-11-17(22)20-15-8-4-13(5-9-15)16(21)10-3-12-1-6-14(19)7-2-12/h1-10H,11H2,(H,20,22)/b10-3+. The summed E-state index contributed by atoms with van der Waals surface area (Å²) >= 11 is 11.2. The van der Waals surface area contributed by atoms with E-state index in [0.29, 0.717) is 16.3 Å². The Hall–Kier alpha value is -2.10. The highest BCUT2D eigenvalue weighted by atomic mass is 35.5. The molecule has 3 nitrogen and oxygen atoms in total. The fraction of sp³-hybridized carbons (Fsp3) is 0.0588. The van der Waals surface area contributed by atoms with Crippen molar-refractivity contribution in [3.05, 3.63) is 70.8 Å². The van der Waals surface area contributed by atoms with Crippen LogP contribution in [0.4, 0.5) is 5.69 Å². The van der Waals surface area contributed by atoms with Crippen LogP contribution < -0.4 is 5.32 Å². The average Bonchev–Trinajstić information content (AvgIpc) is 2.54. The summed E-state index contributed by atoms with van der Waals surface area (Å²) in [4.78, 5) is 23.2. The molecule has 0 radical (unpaired) electrons. The first-order valence-electron chi connectivity index (χ1n) is 6.52. The highest BCUT2D eigenvalue weighted by molar-refractivity contribution is 6.30. The summed E-state index contributed by atoms with van der Waals surface area (Å²) in [6.07, 6.45) is 3.22. The van der Waals surface area contributed by atoms with E-state index in [9.17, 15) is 9.59 Å². The van der Waals surface area contributed by atoms with Gasteiger partial charge in [0.15, 0.2) is 5.78 Å². The third-order valence-electron chi connectivity index (χ3n) is 2.87. The van der Waals surface area contributed by atoms with Gasteiger partial charge in [0.05, 0.1) is 0 Å². The molecule has 112 valence electrons. The number of carbonyl (C=O) groups excluding carboxylic acids is 2. The second kappa shape index (κ2) is 7.78. The molecule has 0 unspecified atom stereocenters. The number of benzene rings is 2. The SMILES string of the molecule is O=C(CCl)Nc1ccc(C(=O)/C=C/c2ccc(Cl)cc2)cc1. The molecular weight excluding hydrogens is 321 g/mol. The first kappa shape index (κ1) is 16.3. The van der Waals surface area contributed by atoms with Gasteiger partial charge in [-0.25, -0.2) is 0 Å². The first-order valence-corrected chi connectivity index (χ1v) is 7.43. The van der Waals surface area contributed by atoms with Crippen LogP contribution in [0.3, 0.4) is 0 Å². The van der Waals surface area contributed by atoms with Crippen LogP contribution in [-0.2, 0) is 4.79 Å². The molecule has 5 heteroatoms. The quantitative estimate of drug-likeness (QED) is 0.500. The van der Waals surface area contributed by atoms with Gasteiger partial charge in [0.1, 0.15) is 5.88 Å². The third-order valence-corrected chi connectivity index (χ3v) is 3.37. The monoisotopic (exact) mass is 333 g/mol. The van der Waals surface area contributed by atoms with Crippen molar-refractivity contribution in [3.63, 3.8) is 0 Å². The fourth-order valence-electron chi connectivity index (χ4n) is 1.75. The fourth-order valence-corrected chi connectivity index (χ4v) is 1.95. The molecule has 0 heterocycles. The van der Waals surface area contributed by atoms with Crippen LogP contribution in [0.15, 0.2) is 54.6 Å². The molecule has 22 heavy (non-hydrogen) atoms. The van der Waals surface area contributed by atoms with Gasteiger partial charge < -0.3 is 5.32 Å². The number of anilines is 1. The normalized spacial score (nSPS) is 10.6. The number of nitrogens with one attached hydrogen (secondary N) is 1. The van der Waals surface area contributed by atoms with Crippen molar-refractivity contribution in [2.75, 3.05) is 11.2 Å². The Balaban J connectivity index is 2.03. The molecule has 0 fully saturated rings. The molecule has 0 bridgehead atoms. The molecule has 2 aromatic carbocycles. The summed E-state index contributed by atoms with van der Waals surface area (Å²) in [6.45, 7) is 0. The van der Waals surface area contributed by atoms with Crippen molar-refractivity contribution in [1.29, 1.82) is 0 Å². The minimum atomic E-state index is -0.289. The second-order valence-electron chi connectivity index (χ2n) is 4.51. The second-order valence-corrected chi connectivity index (χ2v) is 5.21. The molecule has 1 amide bonds. The first-order chi connectivity index (χ1) is 10.6. The van der Waals surface area contributed by atoms with E-state index < -0.39 is 0 Å². The summed E-state index contributed by atoms with van der Waals surface area (Å²) in [5.74, 6) is -0.515. The topological polar surface area (TPSA) is 46.2 Å². The van der Waals surface area contributed by atoms with Gasteiger partial charge in [-0.15, -0.1) is 11.6 Å². The van der Waals surface area contributed by atoms with Crippen molar-refractivity contribution in [2.24, 2.45) is 0 Å². The van der Waals surface area contributed by atoms with E-state index in [-0.39, 0.29) is 17.6 Å². The Morgan fingerprint density at radius 2 is 1.64 bits per heavy atom. The zero-order chi connectivity index (χ0) is 15.9. The van der Waals surface area contributed by atoms with E-state index in [4.69, 9.17) is 23.2 Å². The van der Waals surface area contributed by atoms with Crippen molar-refractivity contribution in [1.82, 2.24) is 0 Å². The van der Waals surface area contributed by atoms with Crippen molar-refractivity contribution < 1.29 is 9.59 Å². The molecule has 2 aromatic rings. The predicted molar refractivity (Wildman–Crippen MR) is 90.6 cm³/mol. The number of ketones is 1. The Kier molecular flexibility index (Phi) is 5.75. The molecule has 0 aromatic heterocycles. The highest BCUT2D eigenvalue weighted by Crippen LogP contribution is 2.13. The Labute approximate surface area is 138 Å². The minimum absolute atomic E-state index is 0.107. The molecule has 0 aliphatic rings. The lowest BCUT2D eigenvalue weighted by atomic mass is 10.1. The Morgan fingerprint density at radius 3 is 2.23 bits per heavy atom. The van der Waals surface area contributed by atoms with E-state index in [2.05, 4.69) is 5.32 Å². The van der Waals surface area contributed by atoms with Crippen LogP contribution in [0.2, 0.25) is 5.02 Å². The van der Waals surface area contributed by atoms with Crippen molar-refractivity contribution in [2.45, 2.75) is 0 Å². The Bertz CT molecular complexity index is 692. The lowest BCUT2D eigenvalue weighted by Gasteiger charge is -2.03. The molecule has 0 saturated heterocycles. The smallest absolute Gasteiger partial charge is 0.239 e. The number of hydrogen-bond donors (Lipinski definition) is 1. The number of amides is 1. The average molecular weight is 334 g/mol. The van der Waals surface area contributed by atoms with E-state index in [1.807, 2.05) is 12.1 Å². The van der Waals surface area contributed by atoms with Crippen LogP contribution in [0, 0.1) is 0 Å². The summed E-state index contributed by atoms with van der Waals surface area (Å²) < 4.78 is 0. The van der Waals surface area contributed by atoms with Gasteiger partial charge in [-0.05, 0) is 48.0 Å². The van der Waals surface area contributed by atoms with E-state index in [1.165, 1.54) is 6.08 Å². The maximum Gasteiger partial charge on any atom is 0.239 e. The molecule has 0 saturated carbocycles. The third kappa shape index (κ3) is 4.72. The van der Waals surface area contributed by atoms with Crippen molar-refractivity contribution >= 4 is 46.7 Å². The number of carbonyl (C=O) groups is 2. The van der Waals surface area contributed by atoms with Crippen molar-refractivity contribution in [3.8, 4) is 0 Å². The molecule has 1 N–H and O–H groups in total. The lowest BCUT2D eigenvalue weighted by Crippen LogP contribution is -2.12. The van der Waals surface area contributed by atoms with Crippen LogP contribution in [-0.4, -0.2) is 17.6 Å². The van der Waals surface area contributed by atoms with Gasteiger partial charge in [0.2, 0.25) is 5.91 Å². The summed E-state index contributed by atoms with van der Waals surface area (Å²) in [7, 11) is 0. The lowest BCUT2D eigenvalue weighted by molar-refractivity contribution is -0.113. The van der Waals surface area contributed by atoms with E-state index >= 15 is 0 Å². The number of hydrogen-bond acceptors (Lipinski definition) is 2. The van der Waals surface area contributed by atoms with E-state index in [1.54, 1.807) is 42.5 Å². The molecule has 0 atom stereocenters. The molecule has 2 rings (SSSR count). The summed E-state index contributed by atoms with van der Waals surface area (Å²) in [6, 6.07) is 13.8. The van der Waals surface area contributed by atoms with Gasteiger partial charge in [0, 0.05) is 16.3 Å². The van der Waals surface area contributed by atoms with Crippen LogP contribution in [0.1, 0.15) is 15.9 Å². The largest absolute Gasteiger partial charge is 0.325 e. The Morgan fingerprint density at radius 1 is 1.00 bits per heavy atom. The van der Waals surface area contributed by atoms with Crippen LogP contribution >= 0.6 is 23.2 Å². The molecule has 0 aliphatic heterocycles. The minimum Gasteiger partial charge on any atom is -0.325 e. The highest BCUT2D eigenvalue weighted by Gasteiger charge is 2.03. The zero-order valence-electron chi connectivity index (χ0n) is 11.6. The molecule has 0 spiro atoms. The van der Waals surface area contributed by atoms with Crippen LogP contribution in [0.5, 0.6) is 0 Å². The predicted octanol–water partition coefficient (Wildman–Crippen LogP) is 4.41. The number of rotatable bonds is 5. The van der Waals surface area contributed by atoms with Gasteiger partial charge in [0.25, 0.3) is 0 Å². The van der Waals surface area contributed by atoms with Gasteiger partial charge >= 0.3 is 0 Å². The summed E-state index contributed by atoms with van der Waals surface area (Å²) in [5.41, 5.74) is 2.03. The maximum atomic E-state index is 12.1. The van der Waals surface area contributed by atoms with Crippen LogP contribution in [0.25, 0.3) is 6.08 Å². The number of alkyl halides is 1. The van der Waals surface area contributed by atoms with Gasteiger partial charge in [-0.3, -0.25) is 9.59 Å². The van der Waals surface area contributed by atoms with Gasteiger partial charge in [-0.1, -0.05) is 29.8 Å². The van der Waals surface area contributed by atoms with E-state index in [0.717, 1.165) is 5.56 Å². The maximum absolute atomic E-state index is 12.1. The summed E-state index contributed by atoms with van der Waals surface area (Å²) in [5, 5.41) is 3.26. The molecule has 0 aliphatic carbocycles. The van der Waals surface area contributed by atoms with Gasteiger partial charge in [-0.2, -0.15) is 0 Å². The number of halogens is 2. The molecular formula is C17H13Cl2NO2. The zero-order valence-corrected chi connectivity index (χ0v) is 13.1.